The van der Waals surface area contributed by atoms with Gasteiger partial charge in [0.15, 0.2) is 0 Å². The fourth-order valence-corrected chi connectivity index (χ4v) is 23.8. The molecule has 0 spiro atoms. The van der Waals surface area contributed by atoms with Crippen molar-refractivity contribution >= 4 is 206 Å². The van der Waals surface area contributed by atoms with Crippen LogP contribution in [0.15, 0.2) is 376 Å². The fourth-order valence-electron chi connectivity index (χ4n) is 17.9. The quantitative estimate of drug-likeness (QED) is 0.120. The molecule has 10 heteroatoms. The molecule has 6 nitrogen and oxygen atoms in total. The van der Waals surface area contributed by atoms with Crippen molar-refractivity contribution in [3.8, 4) is 22.5 Å². The van der Waals surface area contributed by atoms with Gasteiger partial charge in [-0.3, -0.25) is 0 Å². The molecule has 4 aliphatic heterocycles. The Kier molecular flexibility index (Phi) is 14.1. The first-order valence-corrected chi connectivity index (χ1v) is 39.8. The van der Waals surface area contributed by atoms with Crippen LogP contribution in [-0.2, 0) is 0 Å². The van der Waals surface area contributed by atoms with Crippen LogP contribution in [0.2, 0.25) is 0 Å². The van der Waals surface area contributed by atoms with E-state index in [2.05, 4.69) is 405 Å². The number of hydrogen-bond acceptors (Lipinski definition) is 4. The zero-order valence-electron chi connectivity index (χ0n) is 57.5. The summed E-state index contributed by atoms with van der Waals surface area (Å²) in [7, 11) is 0. The number of nitrogens with zero attached hydrogens (tertiary/aromatic N) is 6. The van der Waals surface area contributed by atoms with Crippen LogP contribution in [0.1, 0.15) is 0 Å². The Morgan fingerprint density at radius 3 is 0.887 bits per heavy atom. The molecule has 0 fully saturated rings. The topological polar surface area (TPSA) is 22.8 Å². The van der Waals surface area contributed by atoms with Crippen molar-refractivity contribution in [1.82, 2.24) is 9.13 Å². The maximum absolute atomic E-state index is 2.78. The Hall–Kier alpha value is -12.5. The number of rotatable bonds is 11. The molecule has 0 bridgehead atoms. The Balaban J connectivity index is 0.923. The summed E-state index contributed by atoms with van der Waals surface area (Å²) in [6.07, 6.45) is 0. The van der Waals surface area contributed by atoms with Gasteiger partial charge in [-0.05, 0) is 0 Å². The van der Waals surface area contributed by atoms with E-state index < -0.39 is 0 Å². The number of aromatic nitrogens is 2. The molecule has 0 atom stereocenters. The molecule has 0 N–H and O–H groups in total. The minimum atomic E-state index is -0.328. The van der Waals surface area contributed by atoms with Crippen LogP contribution in [0.5, 0.6) is 0 Å². The van der Waals surface area contributed by atoms with E-state index in [-0.39, 0.29) is 43.3 Å². The second-order valence-electron chi connectivity index (χ2n) is 27.8. The van der Waals surface area contributed by atoms with Gasteiger partial charge in [0, 0.05) is 0 Å². The van der Waals surface area contributed by atoms with Crippen LogP contribution in [0.4, 0.5) is 68.2 Å². The number of benzene rings is 16. The van der Waals surface area contributed by atoms with Crippen LogP contribution < -0.4 is 70.2 Å². The molecule has 22 rings (SSSR count). The van der Waals surface area contributed by atoms with E-state index in [0.29, 0.717) is 0 Å². The molecular formula is C96H62B2N6Se2. The summed E-state index contributed by atoms with van der Waals surface area (Å²) in [4.78, 5) is 10.1. The molecule has 106 heavy (non-hydrogen) atoms. The van der Waals surface area contributed by atoms with E-state index in [4.69, 9.17) is 0 Å². The fraction of sp³-hybridized carbons (Fsp3) is 0. The van der Waals surface area contributed by atoms with Gasteiger partial charge in [0.2, 0.25) is 0 Å². The van der Waals surface area contributed by atoms with E-state index in [0.717, 1.165) is 56.9 Å². The summed E-state index contributed by atoms with van der Waals surface area (Å²) in [6.45, 7) is -0.325. The van der Waals surface area contributed by atoms with Gasteiger partial charge in [-0.15, -0.1) is 0 Å². The molecule has 2 aromatic heterocycles. The Labute approximate surface area is 628 Å². The second kappa shape index (κ2) is 24.6. The molecule has 16 aromatic carbocycles. The molecule has 6 heterocycles. The van der Waals surface area contributed by atoms with Crippen LogP contribution in [0.25, 0.3) is 66.1 Å². The van der Waals surface area contributed by atoms with E-state index in [1.807, 2.05) is 0 Å². The zero-order chi connectivity index (χ0) is 69.5. The van der Waals surface area contributed by atoms with Gasteiger partial charge in [0.25, 0.3) is 0 Å². The van der Waals surface area contributed by atoms with Crippen molar-refractivity contribution in [2.24, 2.45) is 0 Å². The van der Waals surface area contributed by atoms with Crippen LogP contribution >= 0.6 is 0 Å². The number of para-hydroxylation sites is 12. The third-order valence-corrected chi connectivity index (χ3v) is 27.1. The monoisotopic (exact) mass is 1480 g/mol. The first-order chi connectivity index (χ1) is 52.7. The first-order valence-electron chi connectivity index (χ1n) is 36.4. The summed E-state index contributed by atoms with van der Waals surface area (Å²) in [5.41, 5.74) is 31.3. The molecule has 4 aliphatic rings. The molecule has 18 aromatic rings. The van der Waals surface area contributed by atoms with Gasteiger partial charge >= 0.3 is 633 Å². The first kappa shape index (κ1) is 61.0. The molecule has 0 saturated carbocycles. The van der Waals surface area contributed by atoms with Gasteiger partial charge in [-0.2, -0.15) is 0 Å². The van der Waals surface area contributed by atoms with Gasteiger partial charge in [0.1, 0.15) is 0 Å². The van der Waals surface area contributed by atoms with Gasteiger partial charge in [-0.25, -0.2) is 0 Å². The van der Waals surface area contributed by atoms with Crippen molar-refractivity contribution in [3.05, 3.63) is 376 Å². The molecule has 0 saturated heterocycles. The molecule has 0 radical (unpaired) electrons. The molecular weight excluding hydrogens is 1420 g/mol. The van der Waals surface area contributed by atoms with E-state index in [9.17, 15) is 0 Å². The molecule has 0 amide bonds. The van der Waals surface area contributed by atoms with Crippen LogP contribution in [0.3, 0.4) is 0 Å². The average molecular weight is 1480 g/mol. The summed E-state index contributed by atoms with van der Waals surface area (Å²) < 4.78 is 10.8. The number of fused-ring (bicyclic) bond motifs is 14. The predicted molar refractivity (Wildman–Crippen MR) is 452 cm³/mol. The second-order valence-corrected chi connectivity index (χ2v) is 32.2. The van der Waals surface area contributed by atoms with Crippen molar-refractivity contribution in [2.45, 2.75) is 0 Å². The standard InChI is InChI=1S/C96H62B2N6Se2/c1-7-32-63(33-8-1)99(64-34-9-2-10-35-64)69-58-87-93-89(60-69)105-95-77(97(93)75-48-23-29-54-83(75)101(87)67-40-15-5-16-41-67)62-78-96(92(95)91-85(103-79-50-25-19-44-71(79)72-45-20-26-51-80(72)103)56-31-57-86(91)104-81-52-27-21-46-73(81)74-47-22-28-53-82(74)104)106-90-61-70(100(65-36-11-3-12-37-65)66-38-13-4-14-39-66)59-88-94(90)98(78)76-49-24-30-55-84(76)102(88)68-42-17-6-18-43-68/h1-62H. The third kappa shape index (κ3) is 9.32. The van der Waals surface area contributed by atoms with Gasteiger partial charge in [0.05, 0.1) is 0 Å². The van der Waals surface area contributed by atoms with Gasteiger partial charge in [-0.1, -0.05) is 0 Å². The zero-order valence-corrected chi connectivity index (χ0v) is 60.9. The van der Waals surface area contributed by atoms with Crippen molar-refractivity contribution in [3.63, 3.8) is 0 Å². The van der Waals surface area contributed by atoms with E-state index >= 15 is 0 Å². The van der Waals surface area contributed by atoms with Crippen molar-refractivity contribution < 1.29 is 0 Å². The SMILES string of the molecule is c1ccc(N(c2ccccc2)c2cc3c4c(c2)N(c2ccccc2)c2ccccc2B4c2cc4c(c(-c5c(-n6c7ccccc7c7ccccc76)cccc5-n5c6ccccc6c6ccccc65)c2[Se]3)[Se]c2cc(N(c3ccccc3)c3ccccc3)cc3c2B4c2ccccc2N3c2ccccc2)cc1. The van der Waals surface area contributed by atoms with E-state index in [1.54, 1.807) is 0 Å². The summed E-state index contributed by atoms with van der Waals surface area (Å²) in [5.74, 6) is 0. The Morgan fingerprint density at radius 1 is 0.226 bits per heavy atom. The third-order valence-electron chi connectivity index (χ3n) is 22.1. The van der Waals surface area contributed by atoms with Crippen molar-refractivity contribution in [1.29, 1.82) is 0 Å². The van der Waals surface area contributed by atoms with E-state index in [1.165, 1.54) is 128 Å². The number of hydrogen-bond donors (Lipinski definition) is 0. The number of anilines is 12. The Morgan fingerprint density at radius 2 is 0.528 bits per heavy atom. The van der Waals surface area contributed by atoms with Crippen molar-refractivity contribution in [2.75, 3.05) is 19.6 Å². The molecule has 494 valence electrons. The summed E-state index contributed by atoms with van der Waals surface area (Å²) >= 11 is -0.656. The Bertz CT molecular complexity index is 6000. The molecule has 0 aliphatic carbocycles. The summed E-state index contributed by atoms with van der Waals surface area (Å²) in [5, 5.41) is 4.91. The predicted octanol–water partition coefficient (Wildman–Crippen LogP) is 17.0. The average Bonchev–Trinajstić information content (AvgIpc) is 0.707. The van der Waals surface area contributed by atoms with Crippen LogP contribution in [0, 0.1) is 0 Å². The maximum atomic E-state index is 2.78. The molecule has 0 unspecified atom stereocenters. The van der Waals surface area contributed by atoms with Crippen LogP contribution in [-0.4, -0.2) is 52.5 Å². The minimum absolute atomic E-state index is 0.162. The normalized spacial score (nSPS) is 12.9. The summed E-state index contributed by atoms with van der Waals surface area (Å²) in [6, 6.07) is 142. The van der Waals surface area contributed by atoms with Gasteiger partial charge < -0.3 is 0 Å².